The summed E-state index contributed by atoms with van der Waals surface area (Å²) in [7, 11) is 0. The first-order valence-electron chi connectivity index (χ1n) is 7.44. The maximum atomic E-state index is 3.71. The van der Waals surface area contributed by atoms with Crippen LogP contribution < -0.4 is 5.32 Å². The van der Waals surface area contributed by atoms with E-state index in [1.807, 2.05) is 11.3 Å². The molecule has 1 N–H and O–H groups in total. The highest BCUT2D eigenvalue weighted by Crippen LogP contribution is 2.23. The lowest BCUT2D eigenvalue weighted by Gasteiger charge is -2.40. The quantitative estimate of drug-likeness (QED) is 0.841. The summed E-state index contributed by atoms with van der Waals surface area (Å²) in [4.78, 5) is 4.19. The molecule has 108 valence electrons. The first-order chi connectivity index (χ1) is 9.22. The van der Waals surface area contributed by atoms with E-state index in [0.717, 1.165) is 12.6 Å². The Balaban J connectivity index is 1.87. The summed E-state index contributed by atoms with van der Waals surface area (Å²) in [5.74, 6) is 0. The first-order valence-corrected chi connectivity index (χ1v) is 9.05. The minimum Gasteiger partial charge on any atom is -0.311 e. The van der Waals surface area contributed by atoms with Crippen LogP contribution in [0.4, 0.5) is 0 Å². The van der Waals surface area contributed by atoms with Crippen molar-refractivity contribution in [1.82, 2.24) is 10.2 Å². The zero-order chi connectivity index (χ0) is 13.7. The molecular weight excluding hydrogens is 320 g/mol. The van der Waals surface area contributed by atoms with Crippen molar-refractivity contribution in [2.45, 2.75) is 51.6 Å². The average molecular weight is 345 g/mol. The molecule has 1 aliphatic heterocycles. The number of nitrogens with zero attached hydrogens (tertiary/aromatic N) is 1. The predicted octanol–water partition coefficient (Wildman–Crippen LogP) is 3.91. The van der Waals surface area contributed by atoms with Gasteiger partial charge in [0.2, 0.25) is 0 Å². The summed E-state index contributed by atoms with van der Waals surface area (Å²) >= 11 is 5.42. The number of halogens is 1. The fourth-order valence-electron chi connectivity index (χ4n) is 2.89. The molecule has 0 aliphatic carbocycles. The fourth-order valence-corrected chi connectivity index (χ4v) is 4.36. The van der Waals surface area contributed by atoms with Gasteiger partial charge in [0.05, 0.1) is 3.79 Å². The highest BCUT2D eigenvalue weighted by molar-refractivity contribution is 9.11. The van der Waals surface area contributed by atoms with Crippen molar-refractivity contribution < 1.29 is 0 Å². The van der Waals surface area contributed by atoms with E-state index in [4.69, 9.17) is 0 Å². The third kappa shape index (κ3) is 4.55. The average Bonchev–Trinajstić information content (AvgIpc) is 2.83. The zero-order valence-electron chi connectivity index (χ0n) is 12.0. The molecule has 4 heteroatoms. The molecule has 0 radical (unpaired) electrons. The van der Waals surface area contributed by atoms with Gasteiger partial charge in [-0.05, 0) is 47.3 Å². The van der Waals surface area contributed by atoms with Crippen LogP contribution in [-0.2, 0) is 6.42 Å². The van der Waals surface area contributed by atoms with Crippen LogP contribution >= 0.6 is 27.3 Å². The van der Waals surface area contributed by atoms with Crippen LogP contribution in [0, 0.1) is 0 Å². The second-order valence-corrected chi connectivity index (χ2v) is 7.95. The van der Waals surface area contributed by atoms with Crippen molar-refractivity contribution in [3.8, 4) is 0 Å². The number of thiophene rings is 1. The van der Waals surface area contributed by atoms with Crippen molar-refractivity contribution >= 4 is 27.3 Å². The molecule has 2 rings (SSSR count). The molecule has 0 saturated carbocycles. The molecular formula is C15H25BrN2S. The van der Waals surface area contributed by atoms with Crippen molar-refractivity contribution in [1.29, 1.82) is 0 Å². The van der Waals surface area contributed by atoms with Crippen molar-refractivity contribution in [3.63, 3.8) is 0 Å². The Labute approximate surface area is 129 Å². The topological polar surface area (TPSA) is 15.3 Å². The van der Waals surface area contributed by atoms with Gasteiger partial charge in [0.15, 0.2) is 0 Å². The van der Waals surface area contributed by atoms with Crippen LogP contribution in [0.5, 0.6) is 0 Å². The third-order valence-electron chi connectivity index (χ3n) is 4.00. The second-order valence-electron chi connectivity index (χ2n) is 5.41. The van der Waals surface area contributed by atoms with Crippen LogP contribution in [0.3, 0.4) is 0 Å². The van der Waals surface area contributed by atoms with E-state index < -0.39 is 0 Å². The van der Waals surface area contributed by atoms with Gasteiger partial charge in [-0.1, -0.05) is 20.3 Å². The Morgan fingerprint density at radius 3 is 2.89 bits per heavy atom. The molecule has 1 aliphatic rings. The van der Waals surface area contributed by atoms with E-state index >= 15 is 0 Å². The number of hydrogen-bond donors (Lipinski definition) is 1. The zero-order valence-corrected chi connectivity index (χ0v) is 14.4. The molecule has 0 aromatic carbocycles. The second kappa shape index (κ2) is 7.77. The number of hydrogen-bond acceptors (Lipinski definition) is 3. The molecule has 19 heavy (non-hydrogen) atoms. The monoisotopic (exact) mass is 344 g/mol. The molecule has 1 saturated heterocycles. The van der Waals surface area contributed by atoms with Gasteiger partial charge in [-0.15, -0.1) is 11.3 Å². The van der Waals surface area contributed by atoms with Crippen molar-refractivity contribution in [3.05, 3.63) is 20.8 Å². The summed E-state index contributed by atoms with van der Waals surface area (Å²) in [6, 6.07) is 5.83. The molecule has 1 aromatic heterocycles. The molecule has 2 unspecified atom stereocenters. The van der Waals surface area contributed by atoms with Crippen LogP contribution in [-0.4, -0.2) is 36.6 Å². The van der Waals surface area contributed by atoms with Gasteiger partial charge < -0.3 is 5.32 Å². The Kier molecular flexibility index (Phi) is 6.33. The molecule has 1 fully saturated rings. The Morgan fingerprint density at radius 2 is 2.26 bits per heavy atom. The molecule has 2 heterocycles. The molecule has 0 amide bonds. The largest absolute Gasteiger partial charge is 0.311 e. The highest BCUT2D eigenvalue weighted by Gasteiger charge is 2.25. The summed E-state index contributed by atoms with van der Waals surface area (Å²) in [6.07, 6.45) is 5.02. The first kappa shape index (κ1) is 15.5. The predicted molar refractivity (Wildman–Crippen MR) is 88.1 cm³/mol. The van der Waals surface area contributed by atoms with E-state index in [0.29, 0.717) is 6.04 Å². The maximum Gasteiger partial charge on any atom is 0.0701 e. The minimum atomic E-state index is 0.697. The molecule has 1 aromatic rings. The Bertz CT molecular complexity index is 380. The van der Waals surface area contributed by atoms with Crippen LogP contribution in [0.1, 0.15) is 38.0 Å². The van der Waals surface area contributed by atoms with Crippen LogP contribution in [0.25, 0.3) is 0 Å². The van der Waals surface area contributed by atoms with E-state index in [-0.39, 0.29) is 0 Å². The van der Waals surface area contributed by atoms with Gasteiger partial charge in [-0.3, -0.25) is 4.90 Å². The lowest BCUT2D eigenvalue weighted by atomic mass is 10.0. The van der Waals surface area contributed by atoms with Gasteiger partial charge in [0.1, 0.15) is 0 Å². The summed E-state index contributed by atoms with van der Waals surface area (Å²) < 4.78 is 1.25. The van der Waals surface area contributed by atoms with Gasteiger partial charge in [0, 0.05) is 36.6 Å². The van der Waals surface area contributed by atoms with Crippen molar-refractivity contribution in [2.24, 2.45) is 0 Å². The van der Waals surface area contributed by atoms with Crippen molar-refractivity contribution in [2.75, 3.05) is 19.6 Å². The number of rotatable bonds is 6. The van der Waals surface area contributed by atoms with E-state index in [2.05, 4.69) is 52.1 Å². The van der Waals surface area contributed by atoms with Gasteiger partial charge in [-0.2, -0.15) is 0 Å². The minimum absolute atomic E-state index is 0.697. The lowest BCUT2D eigenvalue weighted by Crippen LogP contribution is -2.56. The van der Waals surface area contributed by atoms with Crippen LogP contribution in [0.2, 0.25) is 0 Å². The van der Waals surface area contributed by atoms with Crippen LogP contribution in [0.15, 0.2) is 15.9 Å². The van der Waals surface area contributed by atoms with E-state index in [9.17, 15) is 0 Å². The number of piperazine rings is 1. The van der Waals surface area contributed by atoms with Gasteiger partial charge in [-0.25, -0.2) is 0 Å². The van der Waals surface area contributed by atoms with E-state index in [1.54, 1.807) is 0 Å². The molecule has 2 nitrogen and oxygen atoms in total. The summed E-state index contributed by atoms with van der Waals surface area (Å²) in [6.45, 7) is 8.17. The van der Waals surface area contributed by atoms with Gasteiger partial charge >= 0.3 is 0 Å². The SMILES string of the molecule is CCCC1CN(CCc2ccc(Br)s2)C(CC)CN1. The third-order valence-corrected chi connectivity index (χ3v) is 5.68. The Hall–Kier alpha value is 0.1000. The normalized spacial score (nSPS) is 24.8. The highest BCUT2D eigenvalue weighted by atomic mass is 79.9. The lowest BCUT2D eigenvalue weighted by molar-refractivity contribution is 0.125. The summed E-state index contributed by atoms with van der Waals surface area (Å²) in [5.41, 5.74) is 0. The molecule has 0 bridgehead atoms. The Morgan fingerprint density at radius 1 is 1.42 bits per heavy atom. The van der Waals surface area contributed by atoms with Gasteiger partial charge in [0.25, 0.3) is 0 Å². The fraction of sp³-hybridized carbons (Fsp3) is 0.733. The smallest absolute Gasteiger partial charge is 0.0701 e. The maximum absolute atomic E-state index is 3.71. The number of nitrogens with one attached hydrogen (secondary N) is 1. The van der Waals surface area contributed by atoms with E-state index in [1.165, 1.54) is 47.4 Å². The standard InChI is InChI=1S/C15H25BrN2S/c1-3-5-12-11-18(13(4-2)10-17-12)9-8-14-6-7-15(16)19-14/h6-7,12-13,17H,3-5,8-11H2,1-2H3. The molecule has 2 atom stereocenters. The summed E-state index contributed by atoms with van der Waals surface area (Å²) in [5, 5.41) is 3.71. The molecule has 0 spiro atoms.